The van der Waals surface area contributed by atoms with Crippen LogP contribution in [0.5, 0.6) is 5.75 Å². The first-order valence-corrected chi connectivity index (χ1v) is 4.05. The topological polar surface area (TPSA) is 33.0 Å². The van der Waals surface area contributed by atoms with Gasteiger partial charge in [-0.3, -0.25) is 0 Å². The number of hydrogen-bond acceptors (Lipinski definition) is 2. The molecule has 0 saturated carbocycles. The summed E-state index contributed by atoms with van der Waals surface area (Å²) in [5.74, 6) is 0.830. The number of nitrogens with zero attached hydrogens (tertiary/aromatic N) is 1. The van der Waals surface area contributed by atoms with E-state index >= 15 is 0 Å². The standard InChI is InChI=1S/C11H11NO/c1-13-11-8-3-2-6-10(11)7-4-5-9-12/h2-4,6-8H,5H2,1H3/b7-4+. The number of hydrogen-bond donors (Lipinski definition) is 0. The molecule has 0 amide bonds. The van der Waals surface area contributed by atoms with Crippen LogP contribution in [0.3, 0.4) is 0 Å². The molecule has 0 radical (unpaired) electrons. The Balaban J connectivity index is 2.82. The first kappa shape index (κ1) is 9.34. The predicted molar refractivity (Wildman–Crippen MR) is 52.3 cm³/mol. The minimum absolute atomic E-state index is 0.429. The smallest absolute Gasteiger partial charge is 0.126 e. The van der Waals surface area contributed by atoms with Crippen molar-refractivity contribution in [1.82, 2.24) is 0 Å². The monoisotopic (exact) mass is 173 g/mol. The van der Waals surface area contributed by atoms with Crippen LogP contribution in [-0.2, 0) is 0 Å². The highest BCUT2D eigenvalue weighted by Crippen LogP contribution is 2.18. The van der Waals surface area contributed by atoms with Crippen LogP contribution in [0.1, 0.15) is 12.0 Å². The summed E-state index contributed by atoms with van der Waals surface area (Å²) < 4.78 is 5.14. The number of methoxy groups -OCH3 is 1. The molecular weight excluding hydrogens is 162 g/mol. The quantitative estimate of drug-likeness (QED) is 0.703. The Hall–Kier alpha value is -1.75. The van der Waals surface area contributed by atoms with E-state index in [9.17, 15) is 0 Å². The highest BCUT2D eigenvalue weighted by atomic mass is 16.5. The molecule has 0 bridgehead atoms. The van der Waals surface area contributed by atoms with Gasteiger partial charge in [0.15, 0.2) is 0 Å². The fourth-order valence-corrected chi connectivity index (χ4v) is 1.04. The molecule has 0 aliphatic heterocycles. The minimum atomic E-state index is 0.429. The van der Waals surface area contributed by atoms with Crippen molar-refractivity contribution in [3.63, 3.8) is 0 Å². The van der Waals surface area contributed by atoms with Gasteiger partial charge in [0.2, 0.25) is 0 Å². The molecule has 0 spiro atoms. The van der Waals surface area contributed by atoms with Crippen LogP contribution in [-0.4, -0.2) is 7.11 Å². The number of benzene rings is 1. The zero-order chi connectivity index (χ0) is 9.52. The maximum atomic E-state index is 8.34. The second-order valence-electron chi connectivity index (χ2n) is 2.51. The first-order chi connectivity index (χ1) is 6.38. The Kier molecular flexibility index (Phi) is 3.59. The molecule has 0 unspecified atom stereocenters. The molecule has 0 N–H and O–H groups in total. The third-order valence-corrected chi connectivity index (χ3v) is 1.65. The molecule has 0 saturated heterocycles. The lowest BCUT2D eigenvalue weighted by Crippen LogP contribution is -1.85. The van der Waals surface area contributed by atoms with Crippen LogP contribution in [0.15, 0.2) is 30.3 Å². The van der Waals surface area contributed by atoms with Gasteiger partial charge in [0.05, 0.1) is 19.6 Å². The first-order valence-electron chi connectivity index (χ1n) is 4.05. The summed E-state index contributed by atoms with van der Waals surface area (Å²) in [7, 11) is 1.64. The normalized spacial score (nSPS) is 9.85. The summed E-state index contributed by atoms with van der Waals surface area (Å²) >= 11 is 0. The molecule has 0 aliphatic rings. The van der Waals surface area contributed by atoms with Crippen molar-refractivity contribution in [1.29, 1.82) is 5.26 Å². The van der Waals surface area contributed by atoms with E-state index in [1.807, 2.05) is 42.5 Å². The third-order valence-electron chi connectivity index (χ3n) is 1.65. The van der Waals surface area contributed by atoms with Gasteiger partial charge in [-0.05, 0) is 6.07 Å². The van der Waals surface area contributed by atoms with E-state index in [0.717, 1.165) is 11.3 Å². The van der Waals surface area contributed by atoms with Crippen LogP contribution in [0.4, 0.5) is 0 Å². The maximum absolute atomic E-state index is 8.34. The number of nitriles is 1. The lowest BCUT2D eigenvalue weighted by Gasteiger charge is -2.02. The lowest BCUT2D eigenvalue weighted by molar-refractivity contribution is 0.414. The fourth-order valence-electron chi connectivity index (χ4n) is 1.04. The summed E-state index contributed by atoms with van der Waals surface area (Å²) in [5, 5.41) is 8.34. The molecule has 0 aliphatic carbocycles. The van der Waals surface area contributed by atoms with Crippen molar-refractivity contribution >= 4 is 6.08 Å². The van der Waals surface area contributed by atoms with Gasteiger partial charge in [-0.2, -0.15) is 5.26 Å². The zero-order valence-corrected chi connectivity index (χ0v) is 7.53. The fraction of sp³-hybridized carbons (Fsp3) is 0.182. The summed E-state index contributed by atoms with van der Waals surface area (Å²) in [6.45, 7) is 0. The Morgan fingerprint density at radius 2 is 2.23 bits per heavy atom. The van der Waals surface area contributed by atoms with Crippen molar-refractivity contribution in [2.45, 2.75) is 6.42 Å². The van der Waals surface area contributed by atoms with Gasteiger partial charge in [-0.1, -0.05) is 30.4 Å². The van der Waals surface area contributed by atoms with Crippen LogP contribution in [0.2, 0.25) is 0 Å². The van der Waals surface area contributed by atoms with Gasteiger partial charge in [0, 0.05) is 5.56 Å². The van der Waals surface area contributed by atoms with Gasteiger partial charge >= 0.3 is 0 Å². The summed E-state index contributed by atoms with van der Waals surface area (Å²) in [6.07, 6.45) is 4.14. The number of rotatable bonds is 3. The number of para-hydroxylation sites is 1. The van der Waals surface area contributed by atoms with E-state index in [1.54, 1.807) is 7.11 Å². The number of allylic oxidation sites excluding steroid dienone is 1. The largest absolute Gasteiger partial charge is 0.496 e. The second-order valence-corrected chi connectivity index (χ2v) is 2.51. The van der Waals surface area contributed by atoms with Crippen molar-refractivity contribution in [2.24, 2.45) is 0 Å². The maximum Gasteiger partial charge on any atom is 0.126 e. The Bertz CT molecular complexity index is 336. The van der Waals surface area contributed by atoms with Crippen LogP contribution < -0.4 is 4.74 Å². The van der Waals surface area contributed by atoms with E-state index in [0.29, 0.717) is 6.42 Å². The molecule has 2 heteroatoms. The average Bonchev–Trinajstić information content (AvgIpc) is 2.19. The highest BCUT2D eigenvalue weighted by molar-refractivity contribution is 5.57. The Labute approximate surface area is 78.1 Å². The van der Waals surface area contributed by atoms with Crippen molar-refractivity contribution in [3.8, 4) is 11.8 Å². The van der Waals surface area contributed by atoms with Gasteiger partial charge in [0.25, 0.3) is 0 Å². The van der Waals surface area contributed by atoms with Gasteiger partial charge in [0.1, 0.15) is 5.75 Å². The summed E-state index contributed by atoms with van der Waals surface area (Å²) in [4.78, 5) is 0. The van der Waals surface area contributed by atoms with Crippen molar-refractivity contribution < 1.29 is 4.74 Å². The van der Waals surface area contributed by atoms with Crippen LogP contribution in [0, 0.1) is 11.3 Å². The molecule has 0 atom stereocenters. The molecule has 0 heterocycles. The van der Waals surface area contributed by atoms with Crippen LogP contribution in [0.25, 0.3) is 6.08 Å². The molecule has 1 aromatic carbocycles. The van der Waals surface area contributed by atoms with E-state index < -0.39 is 0 Å². The van der Waals surface area contributed by atoms with Gasteiger partial charge < -0.3 is 4.74 Å². The van der Waals surface area contributed by atoms with Crippen molar-refractivity contribution in [2.75, 3.05) is 7.11 Å². The third kappa shape index (κ3) is 2.64. The predicted octanol–water partition coefficient (Wildman–Crippen LogP) is 2.62. The highest BCUT2D eigenvalue weighted by Gasteiger charge is 1.95. The Morgan fingerprint density at radius 3 is 2.92 bits per heavy atom. The molecule has 0 fully saturated rings. The number of ether oxygens (including phenoxy) is 1. The van der Waals surface area contributed by atoms with E-state index in [1.165, 1.54) is 0 Å². The molecular formula is C11H11NO. The summed E-state index contributed by atoms with van der Waals surface area (Å²) in [5.41, 5.74) is 1.00. The van der Waals surface area contributed by atoms with E-state index in [-0.39, 0.29) is 0 Å². The minimum Gasteiger partial charge on any atom is -0.496 e. The Morgan fingerprint density at radius 1 is 1.46 bits per heavy atom. The van der Waals surface area contributed by atoms with Gasteiger partial charge in [-0.25, -0.2) is 0 Å². The van der Waals surface area contributed by atoms with E-state index in [4.69, 9.17) is 10.00 Å². The molecule has 13 heavy (non-hydrogen) atoms. The van der Waals surface area contributed by atoms with Crippen LogP contribution >= 0.6 is 0 Å². The SMILES string of the molecule is COc1ccccc1/C=C/CC#N. The molecule has 66 valence electrons. The van der Waals surface area contributed by atoms with E-state index in [2.05, 4.69) is 0 Å². The van der Waals surface area contributed by atoms with Crippen molar-refractivity contribution in [3.05, 3.63) is 35.9 Å². The molecule has 2 nitrogen and oxygen atoms in total. The average molecular weight is 173 g/mol. The zero-order valence-electron chi connectivity index (χ0n) is 7.53. The van der Waals surface area contributed by atoms with Gasteiger partial charge in [-0.15, -0.1) is 0 Å². The molecule has 1 aromatic rings. The summed E-state index contributed by atoms with van der Waals surface area (Å²) in [6, 6.07) is 9.75. The molecule has 1 rings (SSSR count). The molecule has 0 aromatic heterocycles. The lowest BCUT2D eigenvalue weighted by atomic mass is 10.2. The second kappa shape index (κ2) is 5.00.